The highest BCUT2D eigenvalue weighted by Gasteiger charge is 2.68. The summed E-state index contributed by atoms with van der Waals surface area (Å²) in [5.74, 6) is -3.74. The van der Waals surface area contributed by atoms with E-state index in [2.05, 4.69) is 10.2 Å². The zero-order valence-electron chi connectivity index (χ0n) is 28.5. The minimum atomic E-state index is -1.21. The molecule has 4 aromatic rings. The molecule has 0 bridgehead atoms. The number of anilines is 3. The number of furan rings is 1. The smallest absolute Gasteiger partial charge is 0.241 e. The molecule has 51 heavy (non-hydrogen) atoms. The Bertz CT molecular complexity index is 2100. The predicted octanol–water partition coefficient (Wildman–Crippen LogP) is 6.69. The molecule has 0 unspecified atom stereocenters. The lowest BCUT2D eigenvalue weighted by molar-refractivity contribution is -0.131. The van der Waals surface area contributed by atoms with Gasteiger partial charge in [-0.3, -0.25) is 24.1 Å². The molecule has 11 heteroatoms. The molecule has 2 aliphatic heterocycles. The van der Waals surface area contributed by atoms with Crippen LogP contribution in [0.2, 0.25) is 0 Å². The van der Waals surface area contributed by atoms with Crippen LogP contribution < -0.4 is 14.7 Å². The van der Waals surface area contributed by atoms with Crippen molar-refractivity contribution in [2.45, 2.75) is 32.3 Å². The molecule has 8 rings (SSSR count). The second-order valence-corrected chi connectivity index (χ2v) is 14.1. The molecule has 3 aromatic carbocycles. The number of aliphatic hydroxyl groups excluding tert-OH is 1. The molecule has 11 nitrogen and oxygen atoms in total. The van der Waals surface area contributed by atoms with Gasteiger partial charge in [0.25, 0.3) is 0 Å². The van der Waals surface area contributed by atoms with Gasteiger partial charge in [0, 0.05) is 19.8 Å². The number of allylic oxidation sites excluding steroid dienone is 2. The highest BCUT2D eigenvalue weighted by atomic mass is 16.4. The Morgan fingerprint density at radius 2 is 1.43 bits per heavy atom. The summed E-state index contributed by atoms with van der Waals surface area (Å²) in [4.78, 5) is 61.6. The Morgan fingerprint density at radius 1 is 0.784 bits per heavy atom. The zero-order valence-corrected chi connectivity index (χ0v) is 28.5. The van der Waals surface area contributed by atoms with Crippen LogP contribution in [0.5, 0.6) is 0 Å². The van der Waals surface area contributed by atoms with E-state index >= 15 is 0 Å². The molecule has 3 heterocycles. The second-order valence-electron chi connectivity index (χ2n) is 14.1. The number of hydrogen-bond acceptors (Lipinski definition) is 9. The third-order valence-electron chi connectivity index (χ3n) is 11.2. The van der Waals surface area contributed by atoms with Gasteiger partial charge in [-0.15, -0.1) is 0 Å². The molecule has 2 saturated heterocycles. The van der Waals surface area contributed by atoms with Crippen LogP contribution in [0, 0.1) is 29.1 Å². The van der Waals surface area contributed by atoms with Gasteiger partial charge in [0.15, 0.2) is 0 Å². The molecular weight excluding hydrogens is 646 g/mol. The first kappa shape index (κ1) is 32.5. The fourth-order valence-corrected chi connectivity index (χ4v) is 8.63. The third-order valence-corrected chi connectivity index (χ3v) is 11.2. The van der Waals surface area contributed by atoms with Gasteiger partial charge in [0.1, 0.15) is 18.1 Å². The molecule has 2 aliphatic carbocycles. The standard InChI is InChI=1S/C40H37N5O6/c1-40-32(37(48)45(39(40)50)26-7-5-4-6-8-26)21-31-29(35(40)33-20-17-28(22-46)51-33)18-19-30-34(31)38(49)44(36(30)47)27-15-11-24(12-16-27)42-41-23-9-13-25(14-10-23)43(2)3/h4-18,20,30-32,34-35,46H,19,21-22H2,1-3H3/t30-,31+,32-,34-,35+,40+/m0/s1. The van der Waals surface area contributed by atoms with E-state index in [9.17, 15) is 24.3 Å². The number of azo groups is 1. The number of hydrogen-bond donors (Lipinski definition) is 1. The van der Waals surface area contributed by atoms with Gasteiger partial charge in [0.05, 0.1) is 51.8 Å². The third kappa shape index (κ3) is 5.05. The van der Waals surface area contributed by atoms with E-state index in [1.54, 1.807) is 67.6 Å². The van der Waals surface area contributed by atoms with Crippen molar-refractivity contribution in [3.05, 3.63) is 114 Å². The van der Waals surface area contributed by atoms with Crippen LogP contribution in [0.15, 0.2) is 117 Å². The molecule has 1 saturated carbocycles. The number of carbonyl (C=O) groups is 4. The normalized spacial score (nSPS) is 27.1. The molecular formula is C40H37N5O6. The molecule has 1 N–H and O–H groups in total. The number of carbonyl (C=O) groups excluding carboxylic acids is 4. The molecule has 4 amide bonds. The Hall–Kier alpha value is -5.68. The molecule has 0 spiro atoms. The van der Waals surface area contributed by atoms with Crippen LogP contribution in [0.3, 0.4) is 0 Å². The average Bonchev–Trinajstić information content (AvgIpc) is 3.78. The van der Waals surface area contributed by atoms with Crippen LogP contribution in [0.25, 0.3) is 0 Å². The summed E-state index contributed by atoms with van der Waals surface area (Å²) < 4.78 is 6.09. The van der Waals surface area contributed by atoms with E-state index < -0.39 is 35.0 Å². The summed E-state index contributed by atoms with van der Waals surface area (Å²) in [6.45, 7) is 1.48. The lowest BCUT2D eigenvalue weighted by Gasteiger charge is -2.48. The quantitative estimate of drug-likeness (QED) is 0.130. The van der Waals surface area contributed by atoms with E-state index in [0.29, 0.717) is 40.7 Å². The summed E-state index contributed by atoms with van der Waals surface area (Å²) in [5.41, 5.74) is 2.84. The van der Waals surface area contributed by atoms with Crippen molar-refractivity contribution >= 4 is 52.1 Å². The number of para-hydroxylation sites is 1. The number of nitrogens with zero attached hydrogens (tertiary/aromatic N) is 5. The monoisotopic (exact) mass is 683 g/mol. The summed E-state index contributed by atoms with van der Waals surface area (Å²) in [7, 11) is 3.93. The molecule has 6 atom stereocenters. The molecule has 0 radical (unpaired) electrons. The van der Waals surface area contributed by atoms with E-state index in [1.807, 2.05) is 55.4 Å². The lowest BCUT2D eigenvalue weighted by atomic mass is 9.52. The Kier molecular flexibility index (Phi) is 7.83. The van der Waals surface area contributed by atoms with Crippen molar-refractivity contribution in [3.63, 3.8) is 0 Å². The maximum atomic E-state index is 14.4. The zero-order chi connectivity index (χ0) is 35.6. The molecule has 3 fully saturated rings. The number of rotatable bonds is 7. The van der Waals surface area contributed by atoms with Crippen LogP contribution in [-0.2, 0) is 25.8 Å². The minimum absolute atomic E-state index is 0.239. The average molecular weight is 684 g/mol. The highest BCUT2D eigenvalue weighted by Crippen LogP contribution is 2.63. The summed E-state index contributed by atoms with van der Waals surface area (Å²) >= 11 is 0. The fourth-order valence-electron chi connectivity index (χ4n) is 8.63. The predicted molar refractivity (Wildman–Crippen MR) is 190 cm³/mol. The van der Waals surface area contributed by atoms with E-state index in [-0.39, 0.29) is 36.7 Å². The van der Waals surface area contributed by atoms with Crippen molar-refractivity contribution in [1.29, 1.82) is 0 Å². The maximum Gasteiger partial charge on any atom is 0.241 e. The van der Waals surface area contributed by atoms with Crippen molar-refractivity contribution < 1.29 is 28.7 Å². The van der Waals surface area contributed by atoms with E-state index in [1.165, 1.54) is 9.80 Å². The maximum absolute atomic E-state index is 14.4. The van der Waals surface area contributed by atoms with Gasteiger partial charge in [-0.1, -0.05) is 29.8 Å². The second kappa shape index (κ2) is 12.3. The van der Waals surface area contributed by atoms with E-state index in [0.717, 1.165) is 11.3 Å². The first-order valence-electron chi connectivity index (χ1n) is 17.1. The van der Waals surface area contributed by atoms with Crippen LogP contribution in [-0.4, -0.2) is 42.8 Å². The first-order chi connectivity index (χ1) is 24.6. The van der Waals surface area contributed by atoms with Crippen LogP contribution in [0.1, 0.15) is 37.2 Å². The molecule has 1 aromatic heterocycles. The van der Waals surface area contributed by atoms with Gasteiger partial charge in [-0.25, -0.2) is 4.90 Å². The number of fused-ring (bicyclic) bond motifs is 4. The largest absolute Gasteiger partial charge is 0.463 e. The van der Waals surface area contributed by atoms with Crippen molar-refractivity contribution in [2.75, 3.05) is 28.8 Å². The summed E-state index contributed by atoms with van der Waals surface area (Å²) in [5, 5.41) is 18.5. The molecule has 4 aliphatic rings. The van der Waals surface area contributed by atoms with Gasteiger partial charge in [-0.05, 0) is 98.5 Å². The van der Waals surface area contributed by atoms with Crippen molar-refractivity contribution in [2.24, 2.45) is 39.3 Å². The van der Waals surface area contributed by atoms with Gasteiger partial charge >= 0.3 is 0 Å². The van der Waals surface area contributed by atoms with Gasteiger partial charge < -0.3 is 14.4 Å². The molecule has 258 valence electrons. The Labute approximate surface area is 294 Å². The Morgan fingerprint density at radius 3 is 2.06 bits per heavy atom. The number of benzene rings is 3. The Balaban J connectivity index is 1.11. The summed E-state index contributed by atoms with van der Waals surface area (Å²) in [6.07, 6.45) is 2.53. The number of amides is 4. The highest BCUT2D eigenvalue weighted by molar-refractivity contribution is 6.25. The van der Waals surface area contributed by atoms with Crippen molar-refractivity contribution in [1.82, 2.24) is 0 Å². The van der Waals surface area contributed by atoms with Gasteiger partial charge in [-0.2, -0.15) is 10.2 Å². The first-order valence-corrected chi connectivity index (χ1v) is 17.1. The van der Waals surface area contributed by atoms with Crippen LogP contribution in [0.4, 0.5) is 28.4 Å². The van der Waals surface area contributed by atoms with Crippen LogP contribution >= 0.6 is 0 Å². The topological polar surface area (TPSA) is 136 Å². The minimum Gasteiger partial charge on any atom is -0.463 e. The van der Waals surface area contributed by atoms with E-state index in [4.69, 9.17) is 4.42 Å². The number of aliphatic hydroxyl groups is 1. The lowest BCUT2D eigenvalue weighted by Crippen LogP contribution is -2.48. The van der Waals surface area contributed by atoms with Crippen molar-refractivity contribution in [3.8, 4) is 0 Å². The summed E-state index contributed by atoms with van der Waals surface area (Å²) in [6, 6.07) is 26.7. The van der Waals surface area contributed by atoms with Gasteiger partial charge in [0.2, 0.25) is 23.6 Å². The number of imide groups is 2. The SMILES string of the molecule is CN(C)c1ccc(N=Nc2ccc(N3C(=O)[C@H]4[C@H](CC=C5[C@H]4C[C@H]4C(=O)N(c6ccccc6)C(=O)[C@@]4(C)[C@H]5c4ccc(CO)o4)C3=O)cc2)cc1. The fraction of sp³-hybridized carbons (Fsp3) is 0.300.